The third-order valence-electron chi connectivity index (χ3n) is 5.60. The molecule has 0 unspecified atom stereocenters. The van der Waals surface area contributed by atoms with Crippen molar-refractivity contribution in [3.05, 3.63) is 64.7 Å². The Hall–Kier alpha value is -3.32. The van der Waals surface area contributed by atoms with E-state index in [9.17, 15) is 14.7 Å². The maximum atomic E-state index is 13.1. The first kappa shape index (κ1) is 23.3. The van der Waals surface area contributed by atoms with E-state index in [0.29, 0.717) is 35.6 Å². The molecule has 0 spiro atoms. The largest absolute Gasteiger partial charge is 0.507 e. The van der Waals surface area contributed by atoms with Gasteiger partial charge in [-0.3, -0.25) is 9.59 Å². The van der Waals surface area contributed by atoms with Crippen molar-refractivity contribution in [1.29, 1.82) is 0 Å². The molecule has 3 rings (SSSR count). The van der Waals surface area contributed by atoms with E-state index in [-0.39, 0.29) is 11.3 Å². The quantitative estimate of drug-likeness (QED) is 0.387. The molecule has 1 atom stereocenters. The van der Waals surface area contributed by atoms with Crippen LogP contribution in [-0.4, -0.2) is 68.0 Å². The van der Waals surface area contributed by atoms with Crippen LogP contribution in [0.2, 0.25) is 0 Å². The number of aryl methyl sites for hydroxylation is 1. The molecular formula is C25H30N2O5. The lowest BCUT2D eigenvalue weighted by Gasteiger charge is -2.27. The Morgan fingerprint density at radius 3 is 2.34 bits per heavy atom. The molecule has 1 aliphatic rings. The van der Waals surface area contributed by atoms with Crippen molar-refractivity contribution in [3.63, 3.8) is 0 Å². The van der Waals surface area contributed by atoms with Crippen molar-refractivity contribution in [2.45, 2.75) is 19.4 Å². The molecule has 0 aromatic heterocycles. The van der Waals surface area contributed by atoms with Gasteiger partial charge in [0.15, 0.2) is 0 Å². The summed E-state index contributed by atoms with van der Waals surface area (Å²) in [6.07, 6.45) is 0.674. The molecule has 1 heterocycles. The van der Waals surface area contributed by atoms with Crippen LogP contribution >= 0.6 is 0 Å². The Balaban J connectivity index is 2.18. The SMILES string of the molecule is COc1ccc(OC)c([C@H]2C(=C(O)c3ccc(C)cc3)C(=O)C(=O)N2CCCN(C)C)c1. The zero-order valence-corrected chi connectivity index (χ0v) is 19.2. The standard InChI is InChI=1S/C25H30N2O5/c1-16-7-9-17(10-8-16)23(28)21-22(19-15-18(31-4)11-12-20(19)32-5)27(25(30)24(21)29)14-6-13-26(2)3/h7-12,15,22,28H,6,13-14H2,1-5H3/t22-/m0/s1. The van der Waals surface area contributed by atoms with E-state index in [1.54, 1.807) is 37.4 Å². The molecule has 0 radical (unpaired) electrons. The first-order valence-electron chi connectivity index (χ1n) is 10.5. The van der Waals surface area contributed by atoms with Gasteiger partial charge >= 0.3 is 0 Å². The van der Waals surface area contributed by atoms with Crippen LogP contribution in [0, 0.1) is 6.92 Å². The summed E-state index contributed by atoms with van der Waals surface area (Å²) in [6.45, 7) is 3.05. The van der Waals surface area contributed by atoms with Crippen LogP contribution in [0.3, 0.4) is 0 Å². The van der Waals surface area contributed by atoms with Gasteiger partial charge in [0.05, 0.1) is 25.8 Å². The zero-order chi connectivity index (χ0) is 23.4. The minimum Gasteiger partial charge on any atom is -0.507 e. The summed E-state index contributed by atoms with van der Waals surface area (Å²) in [5, 5.41) is 11.2. The van der Waals surface area contributed by atoms with Gasteiger partial charge in [0, 0.05) is 17.7 Å². The highest BCUT2D eigenvalue weighted by Crippen LogP contribution is 2.43. The number of rotatable bonds is 8. The van der Waals surface area contributed by atoms with Crippen LogP contribution < -0.4 is 9.47 Å². The number of ketones is 1. The van der Waals surface area contributed by atoms with Crippen LogP contribution in [0.25, 0.3) is 5.76 Å². The van der Waals surface area contributed by atoms with E-state index >= 15 is 0 Å². The Labute approximate surface area is 188 Å². The number of carbonyl (C=O) groups excluding carboxylic acids is 2. The van der Waals surface area contributed by atoms with E-state index < -0.39 is 17.7 Å². The second-order valence-corrected chi connectivity index (χ2v) is 8.12. The Bertz CT molecular complexity index is 1030. The summed E-state index contributed by atoms with van der Waals surface area (Å²) in [5.41, 5.74) is 2.14. The molecule has 1 amide bonds. The maximum absolute atomic E-state index is 13.1. The Morgan fingerprint density at radius 1 is 1.06 bits per heavy atom. The molecule has 32 heavy (non-hydrogen) atoms. The molecule has 7 nitrogen and oxygen atoms in total. The lowest BCUT2D eigenvalue weighted by Crippen LogP contribution is -2.32. The third-order valence-corrected chi connectivity index (χ3v) is 5.60. The number of amides is 1. The molecule has 2 aromatic rings. The normalized spacial score (nSPS) is 17.8. The number of methoxy groups -OCH3 is 2. The Kier molecular flexibility index (Phi) is 7.20. The molecule has 1 aliphatic heterocycles. The minimum absolute atomic E-state index is 0.0512. The number of hydrogen-bond donors (Lipinski definition) is 1. The van der Waals surface area contributed by atoms with Gasteiger partial charge in [-0.1, -0.05) is 29.8 Å². The highest BCUT2D eigenvalue weighted by molar-refractivity contribution is 6.46. The van der Waals surface area contributed by atoms with E-state index in [1.807, 2.05) is 38.1 Å². The van der Waals surface area contributed by atoms with Gasteiger partial charge in [-0.15, -0.1) is 0 Å². The average Bonchev–Trinajstić information content (AvgIpc) is 3.03. The fraction of sp³-hybridized carbons (Fsp3) is 0.360. The van der Waals surface area contributed by atoms with Crippen molar-refractivity contribution < 1.29 is 24.2 Å². The second-order valence-electron chi connectivity index (χ2n) is 8.12. The van der Waals surface area contributed by atoms with Gasteiger partial charge < -0.3 is 24.4 Å². The first-order valence-corrected chi connectivity index (χ1v) is 10.5. The highest BCUT2D eigenvalue weighted by atomic mass is 16.5. The molecule has 1 fully saturated rings. The summed E-state index contributed by atoms with van der Waals surface area (Å²) in [4.78, 5) is 29.7. The predicted octanol–water partition coefficient (Wildman–Crippen LogP) is 3.39. The summed E-state index contributed by atoms with van der Waals surface area (Å²) >= 11 is 0. The molecule has 1 saturated heterocycles. The van der Waals surface area contributed by atoms with Gasteiger partial charge in [0.2, 0.25) is 0 Å². The summed E-state index contributed by atoms with van der Waals surface area (Å²) < 4.78 is 10.9. The molecule has 7 heteroatoms. The van der Waals surface area contributed by atoms with Crippen molar-refractivity contribution >= 4 is 17.4 Å². The number of hydrogen-bond acceptors (Lipinski definition) is 6. The van der Waals surface area contributed by atoms with Crippen molar-refractivity contribution in [1.82, 2.24) is 9.80 Å². The topological polar surface area (TPSA) is 79.3 Å². The summed E-state index contributed by atoms with van der Waals surface area (Å²) in [6, 6.07) is 11.6. The number of carbonyl (C=O) groups is 2. The molecule has 0 bridgehead atoms. The fourth-order valence-corrected chi connectivity index (χ4v) is 3.91. The molecule has 2 aromatic carbocycles. The zero-order valence-electron chi connectivity index (χ0n) is 19.2. The molecule has 0 aliphatic carbocycles. The number of aliphatic hydroxyl groups excluding tert-OH is 1. The molecule has 1 N–H and O–H groups in total. The number of nitrogens with zero attached hydrogens (tertiary/aromatic N) is 2. The van der Waals surface area contributed by atoms with Crippen molar-refractivity contribution in [2.24, 2.45) is 0 Å². The third kappa shape index (κ3) is 4.62. The summed E-state index contributed by atoms with van der Waals surface area (Å²) in [7, 11) is 6.98. The monoisotopic (exact) mass is 438 g/mol. The molecule has 0 saturated carbocycles. The van der Waals surface area contributed by atoms with Gasteiger partial charge in [0.1, 0.15) is 17.3 Å². The van der Waals surface area contributed by atoms with Gasteiger partial charge in [-0.05, 0) is 52.2 Å². The van der Waals surface area contributed by atoms with E-state index in [1.165, 1.54) is 12.0 Å². The number of likely N-dealkylation sites (tertiary alicyclic amines) is 1. The van der Waals surface area contributed by atoms with Gasteiger partial charge in [-0.25, -0.2) is 0 Å². The number of aliphatic hydroxyl groups is 1. The summed E-state index contributed by atoms with van der Waals surface area (Å²) in [5.74, 6) is -0.469. The molecular weight excluding hydrogens is 408 g/mol. The van der Waals surface area contributed by atoms with E-state index in [4.69, 9.17) is 9.47 Å². The lowest BCUT2D eigenvalue weighted by atomic mass is 9.94. The average molecular weight is 439 g/mol. The van der Waals surface area contributed by atoms with Gasteiger partial charge in [-0.2, -0.15) is 0 Å². The van der Waals surface area contributed by atoms with Crippen LogP contribution in [0.1, 0.15) is 29.2 Å². The highest BCUT2D eigenvalue weighted by Gasteiger charge is 2.47. The number of Topliss-reactive ketones (excluding diaryl/α,β-unsaturated/α-hetero) is 1. The second kappa shape index (κ2) is 9.87. The van der Waals surface area contributed by atoms with Crippen molar-refractivity contribution in [2.75, 3.05) is 41.4 Å². The number of benzene rings is 2. The van der Waals surface area contributed by atoms with E-state index in [2.05, 4.69) is 0 Å². The van der Waals surface area contributed by atoms with E-state index in [0.717, 1.165) is 12.1 Å². The smallest absolute Gasteiger partial charge is 0.295 e. The predicted molar refractivity (Wildman–Crippen MR) is 123 cm³/mol. The fourth-order valence-electron chi connectivity index (χ4n) is 3.91. The van der Waals surface area contributed by atoms with Crippen LogP contribution in [-0.2, 0) is 9.59 Å². The minimum atomic E-state index is -0.788. The Morgan fingerprint density at radius 2 is 1.75 bits per heavy atom. The lowest BCUT2D eigenvalue weighted by molar-refractivity contribution is -0.140. The van der Waals surface area contributed by atoms with Gasteiger partial charge in [0.25, 0.3) is 11.7 Å². The first-order chi connectivity index (χ1) is 15.3. The maximum Gasteiger partial charge on any atom is 0.295 e. The van der Waals surface area contributed by atoms with Crippen LogP contribution in [0.4, 0.5) is 0 Å². The molecule has 170 valence electrons. The van der Waals surface area contributed by atoms with Crippen LogP contribution in [0.5, 0.6) is 11.5 Å². The number of ether oxygens (including phenoxy) is 2. The van der Waals surface area contributed by atoms with Crippen molar-refractivity contribution in [3.8, 4) is 11.5 Å². The van der Waals surface area contributed by atoms with Crippen LogP contribution in [0.15, 0.2) is 48.0 Å².